The molecule has 16 heavy (non-hydrogen) atoms. The van der Waals surface area contributed by atoms with Crippen LogP contribution in [0.3, 0.4) is 0 Å². The lowest BCUT2D eigenvalue weighted by atomic mass is 9.96. The Balaban J connectivity index is 2.09. The normalized spacial score (nSPS) is 20.8. The number of rotatable bonds is 4. The smallest absolute Gasteiger partial charge is 0.323 e. The van der Waals surface area contributed by atoms with Gasteiger partial charge in [-0.1, -0.05) is 18.9 Å². The van der Waals surface area contributed by atoms with Crippen LogP contribution in [0.15, 0.2) is 17.5 Å². The first kappa shape index (κ1) is 11.6. The Hall–Kier alpha value is -0.870. The van der Waals surface area contributed by atoms with Gasteiger partial charge in [0.05, 0.1) is 0 Å². The molecule has 4 heteroatoms. The Morgan fingerprint density at radius 1 is 1.56 bits per heavy atom. The van der Waals surface area contributed by atoms with Crippen LogP contribution in [-0.4, -0.2) is 16.6 Å². The maximum Gasteiger partial charge on any atom is 0.323 e. The summed E-state index contributed by atoms with van der Waals surface area (Å²) in [4.78, 5) is 12.6. The Bertz CT molecular complexity index is 355. The number of thiophene rings is 1. The van der Waals surface area contributed by atoms with E-state index < -0.39 is 11.5 Å². The van der Waals surface area contributed by atoms with Crippen molar-refractivity contribution < 1.29 is 9.90 Å². The van der Waals surface area contributed by atoms with Crippen LogP contribution in [0.1, 0.15) is 43.5 Å². The van der Waals surface area contributed by atoms with E-state index in [4.69, 9.17) is 0 Å². The highest BCUT2D eigenvalue weighted by atomic mass is 32.1. The van der Waals surface area contributed by atoms with Crippen molar-refractivity contribution in [3.8, 4) is 0 Å². The molecular weight excluding hydrogens is 222 g/mol. The van der Waals surface area contributed by atoms with Crippen molar-refractivity contribution in [3.05, 3.63) is 22.4 Å². The summed E-state index contributed by atoms with van der Waals surface area (Å²) in [6.45, 7) is 2.04. The van der Waals surface area contributed by atoms with Crippen LogP contribution in [0.2, 0.25) is 0 Å². The van der Waals surface area contributed by atoms with Crippen molar-refractivity contribution in [2.75, 3.05) is 0 Å². The van der Waals surface area contributed by atoms with Gasteiger partial charge < -0.3 is 5.11 Å². The first-order valence-corrected chi connectivity index (χ1v) is 6.56. The minimum absolute atomic E-state index is 0.120. The third kappa shape index (κ3) is 2.13. The molecule has 0 aromatic carbocycles. The van der Waals surface area contributed by atoms with Crippen LogP contribution in [0.5, 0.6) is 0 Å². The molecule has 1 aliphatic rings. The van der Waals surface area contributed by atoms with E-state index in [1.807, 2.05) is 24.4 Å². The lowest BCUT2D eigenvalue weighted by Gasteiger charge is -2.29. The van der Waals surface area contributed by atoms with Crippen molar-refractivity contribution in [3.63, 3.8) is 0 Å². The van der Waals surface area contributed by atoms with Gasteiger partial charge in [0.1, 0.15) is 5.54 Å². The van der Waals surface area contributed by atoms with Crippen LogP contribution in [0, 0.1) is 0 Å². The van der Waals surface area contributed by atoms with Crippen molar-refractivity contribution >= 4 is 17.3 Å². The van der Waals surface area contributed by atoms with Crippen LogP contribution >= 0.6 is 11.3 Å². The molecule has 0 amide bonds. The molecule has 1 heterocycles. The Morgan fingerprint density at radius 3 is 2.75 bits per heavy atom. The molecule has 2 rings (SSSR count). The zero-order valence-corrected chi connectivity index (χ0v) is 10.2. The summed E-state index contributed by atoms with van der Waals surface area (Å²) >= 11 is 1.67. The predicted octanol–water partition coefficient (Wildman–Crippen LogP) is 2.80. The fourth-order valence-corrected chi connectivity index (χ4v) is 3.16. The van der Waals surface area contributed by atoms with E-state index in [9.17, 15) is 9.90 Å². The summed E-state index contributed by atoms with van der Waals surface area (Å²) in [5.74, 6) is -0.701. The fraction of sp³-hybridized carbons (Fsp3) is 0.583. The fourth-order valence-electron chi connectivity index (χ4n) is 2.42. The molecule has 1 aliphatic carbocycles. The first-order chi connectivity index (χ1) is 7.64. The number of carboxylic acids is 1. The SMILES string of the molecule is CC(NC1(C(=O)O)CCCC1)c1cccs1. The summed E-state index contributed by atoms with van der Waals surface area (Å²) in [5, 5.41) is 14.7. The minimum Gasteiger partial charge on any atom is -0.480 e. The van der Waals surface area contributed by atoms with E-state index in [-0.39, 0.29) is 6.04 Å². The maximum atomic E-state index is 11.4. The summed E-state index contributed by atoms with van der Waals surface area (Å²) in [7, 11) is 0. The summed E-state index contributed by atoms with van der Waals surface area (Å²) in [6.07, 6.45) is 3.52. The molecule has 0 bridgehead atoms. The molecule has 3 nitrogen and oxygen atoms in total. The second-order valence-electron chi connectivity index (χ2n) is 4.48. The second-order valence-corrected chi connectivity index (χ2v) is 5.46. The predicted molar refractivity (Wildman–Crippen MR) is 64.7 cm³/mol. The lowest BCUT2D eigenvalue weighted by Crippen LogP contribution is -2.50. The summed E-state index contributed by atoms with van der Waals surface area (Å²) in [5.41, 5.74) is -0.691. The molecule has 0 spiro atoms. The first-order valence-electron chi connectivity index (χ1n) is 5.68. The van der Waals surface area contributed by atoms with Gasteiger partial charge in [-0.2, -0.15) is 0 Å². The molecule has 0 saturated heterocycles. The number of carbonyl (C=O) groups is 1. The van der Waals surface area contributed by atoms with E-state index in [2.05, 4.69) is 5.32 Å². The number of hydrogen-bond acceptors (Lipinski definition) is 3. The van der Waals surface area contributed by atoms with Crippen LogP contribution in [0.4, 0.5) is 0 Å². The van der Waals surface area contributed by atoms with E-state index in [0.29, 0.717) is 0 Å². The third-order valence-corrected chi connectivity index (χ3v) is 4.38. The zero-order valence-electron chi connectivity index (χ0n) is 9.40. The highest BCUT2D eigenvalue weighted by Crippen LogP contribution is 2.33. The van der Waals surface area contributed by atoms with Gasteiger partial charge in [0.25, 0.3) is 0 Å². The van der Waals surface area contributed by atoms with Crippen molar-refractivity contribution in [1.82, 2.24) is 5.32 Å². The summed E-state index contributed by atoms with van der Waals surface area (Å²) < 4.78 is 0. The molecule has 1 saturated carbocycles. The van der Waals surface area contributed by atoms with Gasteiger partial charge in [-0.05, 0) is 31.2 Å². The molecule has 1 fully saturated rings. The van der Waals surface area contributed by atoms with Crippen LogP contribution in [-0.2, 0) is 4.79 Å². The van der Waals surface area contributed by atoms with Crippen molar-refractivity contribution in [2.24, 2.45) is 0 Å². The lowest BCUT2D eigenvalue weighted by molar-refractivity contribution is -0.145. The van der Waals surface area contributed by atoms with Crippen LogP contribution in [0.25, 0.3) is 0 Å². The topological polar surface area (TPSA) is 49.3 Å². The van der Waals surface area contributed by atoms with E-state index >= 15 is 0 Å². The van der Waals surface area contributed by atoms with Gasteiger partial charge in [-0.25, -0.2) is 0 Å². The maximum absolute atomic E-state index is 11.4. The van der Waals surface area contributed by atoms with Gasteiger partial charge in [0, 0.05) is 10.9 Å². The van der Waals surface area contributed by atoms with Gasteiger partial charge in [0.15, 0.2) is 0 Å². The molecule has 1 unspecified atom stereocenters. The van der Waals surface area contributed by atoms with Gasteiger partial charge in [-0.15, -0.1) is 11.3 Å². The molecule has 88 valence electrons. The molecule has 1 atom stereocenters. The standard InChI is InChI=1S/C12H17NO2S/c1-9(10-5-4-8-16-10)13-12(11(14)15)6-2-3-7-12/h4-5,8-9,13H,2-3,6-7H2,1H3,(H,14,15). The molecule has 2 N–H and O–H groups in total. The summed E-state index contributed by atoms with van der Waals surface area (Å²) in [6, 6.07) is 4.17. The number of nitrogens with one attached hydrogen (secondary N) is 1. The quantitative estimate of drug-likeness (QED) is 0.849. The highest BCUT2D eigenvalue weighted by Gasteiger charge is 2.42. The average Bonchev–Trinajstić information content (AvgIpc) is 2.88. The molecule has 1 aromatic rings. The number of aliphatic carboxylic acids is 1. The van der Waals surface area contributed by atoms with E-state index in [1.54, 1.807) is 11.3 Å². The Kier molecular flexibility index (Phi) is 3.30. The van der Waals surface area contributed by atoms with Crippen molar-refractivity contribution in [1.29, 1.82) is 0 Å². The number of carboxylic acid groups (broad SMARTS) is 1. The van der Waals surface area contributed by atoms with Gasteiger partial charge in [0.2, 0.25) is 0 Å². The molecule has 0 radical (unpaired) electrons. The average molecular weight is 239 g/mol. The highest BCUT2D eigenvalue weighted by molar-refractivity contribution is 7.10. The zero-order chi connectivity index (χ0) is 11.6. The van der Waals surface area contributed by atoms with Gasteiger partial charge in [-0.3, -0.25) is 10.1 Å². The Labute approximate surface area is 99.5 Å². The van der Waals surface area contributed by atoms with E-state index in [1.165, 1.54) is 4.88 Å². The molecule has 0 aliphatic heterocycles. The van der Waals surface area contributed by atoms with E-state index in [0.717, 1.165) is 25.7 Å². The largest absolute Gasteiger partial charge is 0.480 e. The Morgan fingerprint density at radius 2 is 2.25 bits per heavy atom. The minimum atomic E-state index is -0.701. The third-order valence-electron chi connectivity index (χ3n) is 3.33. The monoisotopic (exact) mass is 239 g/mol. The van der Waals surface area contributed by atoms with Crippen LogP contribution < -0.4 is 5.32 Å². The van der Waals surface area contributed by atoms with Crippen molar-refractivity contribution in [2.45, 2.75) is 44.2 Å². The molecular formula is C12H17NO2S. The molecule has 1 aromatic heterocycles. The van der Waals surface area contributed by atoms with Gasteiger partial charge >= 0.3 is 5.97 Å². The second kappa shape index (κ2) is 4.55. The number of hydrogen-bond donors (Lipinski definition) is 2.